The molecule has 1 aliphatic heterocycles. The molecule has 6 heteroatoms. The molecule has 0 fully saturated rings. The molecule has 0 saturated heterocycles. The topological polar surface area (TPSA) is 80.6 Å². The van der Waals surface area contributed by atoms with Gasteiger partial charge in [0.05, 0.1) is 37.1 Å². The fourth-order valence-electron chi connectivity index (χ4n) is 3.20. The minimum Gasteiger partial charge on any atom is -0.493 e. The smallest absolute Gasteiger partial charge is 0.253 e. The van der Waals surface area contributed by atoms with E-state index in [9.17, 15) is 9.59 Å². The maximum absolute atomic E-state index is 12.5. The fourth-order valence-corrected chi connectivity index (χ4v) is 3.20. The molecule has 2 amide bonds. The number of carbonyl (C=O) groups excluding carboxylic acids is 2. The summed E-state index contributed by atoms with van der Waals surface area (Å²) in [5.74, 6) is 1.10. The Balaban J connectivity index is 1.41. The van der Waals surface area contributed by atoms with E-state index in [1.165, 1.54) is 0 Å². The van der Waals surface area contributed by atoms with Crippen molar-refractivity contribution < 1.29 is 18.7 Å². The molecule has 3 aromatic rings. The normalized spacial score (nSPS) is 12.1. The van der Waals surface area contributed by atoms with Crippen molar-refractivity contribution in [1.29, 1.82) is 0 Å². The van der Waals surface area contributed by atoms with Gasteiger partial charge in [-0.1, -0.05) is 24.3 Å². The van der Waals surface area contributed by atoms with Crippen molar-refractivity contribution >= 4 is 17.5 Å². The Morgan fingerprint density at radius 3 is 2.79 bits per heavy atom. The second-order valence-electron chi connectivity index (χ2n) is 6.57. The Morgan fingerprint density at radius 1 is 1.04 bits per heavy atom. The van der Waals surface area contributed by atoms with Crippen LogP contribution in [0.5, 0.6) is 5.75 Å². The molecule has 142 valence electrons. The monoisotopic (exact) mass is 376 g/mol. The lowest BCUT2D eigenvalue weighted by Gasteiger charge is -2.11. The second-order valence-corrected chi connectivity index (χ2v) is 6.57. The Hall–Kier alpha value is -3.54. The lowest BCUT2D eigenvalue weighted by molar-refractivity contribution is -0.115. The van der Waals surface area contributed by atoms with Gasteiger partial charge >= 0.3 is 0 Å². The summed E-state index contributed by atoms with van der Waals surface area (Å²) in [6.07, 6.45) is 2.65. The van der Waals surface area contributed by atoms with Crippen LogP contribution in [0.4, 0.5) is 5.69 Å². The number of ether oxygens (including phenoxy) is 1. The zero-order chi connectivity index (χ0) is 19.3. The van der Waals surface area contributed by atoms with E-state index >= 15 is 0 Å². The standard InChI is InChI=1S/C22H20N2O4/c25-21(13-15-7-8-20-16(12-15)9-11-28-20)24-19-6-2-1-5-18(19)22(26)23-14-17-4-3-10-27-17/h1-8,10,12H,9,11,13-14H2,(H,23,26)(H,24,25). The fraction of sp³-hybridized carbons (Fsp3) is 0.182. The molecule has 2 aromatic carbocycles. The number of para-hydroxylation sites is 1. The highest BCUT2D eigenvalue weighted by Gasteiger charge is 2.16. The van der Waals surface area contributed by atoms with Crippen molar-refractivity contribution in [2.45, 2.75) is 19.4 Å². The van der Waals surface area contributed by atoms with Gasteiger partial charge in [-0.25, -0.2) is 0 Å². The number of furan rings is 1. The number of carbonyl (C=O) groups is 2. The van der Waals surface area contributed by atoms with Crippen LogP contribution in [-0.4, -0.2) is 18.4 Å². The second kappa shape index (κ2) is 8.00. The number of nitrogens with one attached hydrogen (secondary N) is 2. The molecule has 0 aliphatic carbocycles. The molecule has 0 saturated carbocycles. The summed E-state index contributed by atoms with van der Waals surface area (Å²) in [5.41, 5.74) is 2.93. The van der Waals surface area contributed by atoms with Crippen LogP contribution in [0, 0.1) is 0 Å². The molecule has 1 aliphatic rings. The molecule has 0 atom stereocenters. The van der Waals surface area contributed by atoms with E-state index < -0.39 is 0 Å². The number of amides is 2. The minimum atomic E-state index is -0.276. The van der Waals surface area contributed by atoms with Gasteiger partial charge in [-0.05, 0) is 41.5 Å². The van der Waals surface area contributed by atoms with Crippen LogP contribution in [0.2, 0.25) is 0 Å². The average molecular weight is 376 g/mol. The third-order valence-corrected chi connectivity index (χ3v) is 4.57. The number of anilines is 1. The van der Waals surface area contributed by atoms with Gasteiger partial charge in [0.2, 0.25) is 5.91 Å². The lowest BCUT2D eigenvalue weighted by Crippen LogP contribution is -2.25. The van der Waals surface area contributed by atoms with Crippen LogP contribution < -0.4 is 15.4 Å². The Labute approximate surface area is 162 Å². The van der Waals surface area contributed by atoms with Gasteiger partial charge in [-0.3, -0.25) is 9.59 Å². The minimum absolute atomic E-state index is 0.176. The van der Waals surface area contributed by atoms with Gasteiger partial charge in [-0.15, -0.1) is 0 Å². The Kier molecular flexibility index (Phi) is 5.10. The first kappa shape index (κ1) is 17.9. The first-order chi connectivity index (χ1) is 13.7. The van der Waals surface area contributed by atoms with Crippen molar-refractivity contribution in [2.75, 3.05) is 11.9 Å². The average Bonchev–Trinajstić information content (AvgIpc) is 3.38. The number of hydrogen-bond donors (Lipinski definition) is 2. The van der Waals surface area contributed by atoms with Crippen LogP contribution >= 0.6 is 0 Å². The third kappa shape index (κ3) is 4.06. The van der Waals surface area contributed by atoms with E-state index in [1.54, 1.807) is 42.7 Å². The predicted molar refractivity (Wildman–Crippen MR) is 104 cm³/mol. The maximum atomic E-state index is 12.5. The highest BCUT2D eigenvalue weighted by atomic mass is 16.5. The highest BCUT2D eigenvalue weighted by Crippen LogP contribution is 2.26. The van der Waals surface area contributed by atoms with E-state index in [4.69, 9.17) is 9.15 Å². The molecule has 2 heterocycles. The van der Waals surface area contributed by atoms with Crippen molar-refractivity contribution in [3.05, 3.63) is 83.3 Å². The van der Waals surface area contributed by atoms with E-state index in [2.05, 4.69) is 10.6 Å². The van der Waals surface area contributed by atoms with Crippen LogP contribution in [0.3, 0.4) is 0 Å². The molecule has 0 radical (unpaired) electrons. The molecular weight excluding hydrogens is 356 g/mol. The van der Waals surface area contributed by atoms with Gasteiger partial charge in [0.15, 0.2) is 0 Å². The number of hydrogen-bond acceptors (Lipinski definition) is 4. The van der Waals surface area contributed by atoms with Gasteiger partial charge in [0.25, 0.3) is 5.91 Å². The molecule has 4 rings (SSSR count). The van der Waals surface area contributed by atoms with E-state index in [-0.39, 0.29) is 24.8 Å². The summed E-state index contributed by atoms with van der Waals surface area (Å²) >= 11 is 0. The summed E-state index contributed by atoms with van der Waals surface area (Å²) in [7, 11) is 0. The Bertz CT molecular complexity index is 996. The van der Waals surface area contributed by atoms with E-state index in [1.807, 2.05) is 18.2 Å². The molecule has 6 nitrogen and oxygen atoms in total. The zero-order valence-corrected chi connectivity index (χ0v) is 15.2. The molecular formula is C22H20N2O4. The summed E-state index contributed by atoms with van der Waals surface area (Å²) in [4.78, 5) is 25.0. The SMILES string of the molecule is O=C(Cc1ccc2c(c1)CCO2)Nc1ccccc1C(=O)NCc1ccco1. The zero-order valence-electron chi connectivity index (χ0n) is 15.2. The quantitative estimate of drug-likeness (QED) is 0.692. The van der Waals surface area contributed by atoms with Crippen LogP contribution in [0.15, 0.2) is 65.3 Å². The lowest BCUT2D eigenvalue weighted by atomic mass is 10.1. The summed E-state index contributed by atoms with van der Waals surface area (Å²) in [6.45, 7) is 0.969. The Morgan fingerprint density at radius 2 is 1.93 bits per heavy atom. The van der Waals surface area contributed by atoms with Gasteiger partial charge in [-0.2, -0.15) is 0 Å². The maximum Gasteiger partial charge on any atom is 0.253 e. The van der Waals surface area contributed by atoms with Crippen molar-refractivity contribution in [3.8, 4) is 5.75 Å². The van der Waals surface area contributed by atoms with Crippen LogP contribution in [0.1, 0.15) is 27.2 Å². The van der Waals surface area contributed by atoms with Gasteiger partial charge in [0, 0.05) is 6.42 Å². The highest BCUT2D eigenvalue weighted by molar-refractivity contribution is 6.04. The van der Waals surface area contributed by atoms with Crippen molar-refractivity contribution in [3.63, 3.8) is 0 Å². The predicted octanol–water partition coefficient (Wildman–Crippen LogP) is 3.33. The largest absolute Gasteiger partial charge is 0.493 e. The first-order valence-electron chi connectivity index (χ1n) is 9.13. The summed E-state index contributed by atoms with van der Waals surface area (Å²) < 4.78 is 10.7. The van der Waals surface area contributed by atoms with Gasteiger partial charge in [0.1, 0.15) is 11.5 Å². The molecule has 1 aromatic heterocycles. The van der Waals surface area contributed by atoms with E-state index in [0.29, 0.717) is 23.6 Å². The molecule has 0 spiro atoms. The van der Waals surface area contributed by atoms with Gasteiger partial charge < -0.3 is 19.8 Å². The van der Waals surface area contributed by atoms with Crippen molar-refractivity contribution in [1.82, 2.24) is 5.32 Å². The number of fused-ring (bicyclic) bond motifs is 1. The number of benzene rings is 2. The molecule has 2 N–H and O–H groups in total. The van der Waals surface area contributed by atoms with Crippen LogP contribution in [-0.2, 0) is 24.2 Å². The molecule has 28 heavy (non-hydrogen) atoms. The third-order valence-electron chi connectivity index (χ3n) is 4.57. The van der Waals surface area contributed by atoms with Crippen LogP contribution in [0.25, 0.3) is 0 Å². The molecule has 0 bridgehead atoms. The van der Waals surface area contributed by atoms with Crippen molar-refractivity contribution in [2.24, 2.45) is 0 Å². The van der Waals surface area contributed by atoms with E-state index in [0.717, 1.165) is 23.3 Å². The molecule has 0 unspecified atom stereocenters. The first-order valence-corrected chi connectivity index (χ1v) is 9.13. The number of rotatable bonds is 6. The summed E-state index contributed by atoms with van der Waals surface area (Å²) in [5, 5.41) is 5.64. The summed E-state index contributed by atoms with van der Waals surface area (Å²) in [6, 6.07) is 16.3.